The van der Waals surface area contributed by atoms with Crippen molar-refractivity contribution >= 4 is 27.5 Å². The second-order valence-electron chi connectivity index (χ2n) is 6.98. The number of hydrogen-bond donors (Lipinski definition) is 1. The van der Waals surface area contributed by atoms with Crippen LogP contribution in [0.3, 0.4) is 0 Å². The van der Waals surface area contributed by atoms with Crippen molar-refractivity contribution in [2.24, 2.45) is 0 Å². The predicted octanol–water partition coefficient (Wildman–Crippen LogP) is 2.93. The van der Waals surface area contributed by atoms with Crippen molar-refractivity contribution in [2.45, 2.75) is 17.9 Å². The molecule has 152 valence electrons. The van der Waals surface area contributed by atoms with Crippen LogP contribution >= 0.6 is 11.6 Å². The number of carbonyl (C=O) groups is 1. The van der Waals surface area contributed by atoms with Crippen LogP contribution in [0.5, 0.6) is 0 Å². The number of nitrogens with one attached hydrogen (secondary N) is 1. The number of sulfonamides is 1. The Kier molecular flexibility index (Phi) is 7.22. The average Bonchev–Trinajstić information content (AvgIpc) is 2.62. The highest BCUT2D eigenvalue weighted by Gasteiger charge is 2.22. The fraction of sp³-hybridized carbons (Fsp3) is 0.350. The third kappa shape index (κ3) is 4.91. The zero-order valence-electron chi connectivity index (χ0n) is 16.7. The number of rotatable bonds is 7. The maximum Gasteiger partial charge on any atom is 0.251 e. The van der Waals surface area contributed by atoms with Crippen molar-refractivity contribution in [3.63, 3.8) is 0 Å². The molecular formula is C20H26ClN3O3S. The molecule has 2 aromatic carbocycles. The fourth-order valence-corrected chi connectivity index (χ4v) is 4.01. The van der Waals surface area contributed by atoms with Crippen molar-refractivity contribution in [3.8, 4) is 0 Å². The van der Waals surface area contributed by atoms with Crippen LogP contribution in [0.1, 0.15) is 27.5 Å². The first-order valence-electron chi connectivity index (χ1n) is 8.78. The molecule has 2 rings (SSSR count). The summed E-state index contributed by atoms with van der Waals surface area (Å²) >= 11 is 6.31. The van der Waals surface area contributed by atoms with Crippen molar-refractivity contribution < 1.29 is 13.2 Å². The topological polar surface area (TPSA) is 69.7 Å². The normalized spacial score (nSPS) is 13.0. The van der Waals surface area contributed by atoms with Crippen LogP contribution in [-0.4, -0.2) is 58.3 Å². The molecule has 0 fully saturated rings. The fourth-order valence-electron chi connectivity index (χ4n) is 2.82. The lowest BCUT2D eigenvalue weighted by molar-refractivity contribution is 0.0941. The summed E-state index contributed by atoms with van der Waals surface area (Å²) in [4.78, 5) is 14.8. The molecule has 0 aliphatic carbocycles. The Balaban J connectivity index is 2.26. The number of benzene rings is 2. The molecule has 8 heteroatoms. The Morgan fingerprint density at radius 3 is 2.32 bits per heavy atom. The molecule has 0 bridgehead atoms. The third-order valence-electron chi connectivity index (χ3n) is 4.58. The van der Waals surface area contributed by atoms with Gasteiger partial charge in [-0.3, -0.25) is 4.79 Å². The quantitative estimate of drug-likeness (QED) is 0.743. The minimum atomic E-state index is -3.62. The van der Waals surface area contributed by atoms with Crippen molar-refractivity contribution in [2.75, 3.05) is 34.7 Å². The van der Waals surface area contributed by atoms with Gasteiger partial charge >= 0.3 is 0 Å². The molecule has 0 unspecified atom stereocenters. The van der Waals surface area contributed by atoms with Gasteiger partial charge in [-0.05, 0) is 50.3 Å². The highest BCUT2D eigenvalue weighted by atomic mass is 35.5. The first-order valence-corrected chi connectivity index (χ1v) is 10.6. The van der Waals surface area contributed by atoms with E-state index in [1.807, 2.05) is 43.3 Å². The van der Waals surface area contributed by atoms with Crippen molar-refractivity contribution in [1.82, 2.24) is 14.5 Å². The van der Waals surface area contributed by atoms with Gasteiger partial charge in [-0.15, -0.1) is 0 Å². The van der Waals surface area contributed by atoms with Gasteiger partial charge in [-0.1, -0.05) is 35.9 Å². The van der Waals surface area contributed by atoms with Gasteiger partial charge in [0.05, 0.1) is 10.9 Å². The van der Waals surface area contributed by atoms with E-state index in [0.29, 0.717) is 22.7 Å². The maximum atomic E-state index is 12.8. The highest BCUT2D eigenvalue weighted by molar-refractivity contribution is 7.89. The van der Waals surface area contributed by atoms with Crippen LogP contribution in [0.4, 0.5) is 0 Å². The molecular weight excluding hydrogens is 398 g/mol. The van der Waals surface area contributed by atoms with Gasteiger partial charge in [0.15, 0.2) is 0 Å². The van der Waals surface area contributed by atoms with Gasteiger partial charge in [0.2, 0.25) is 10.0 Å². The number of likely N-dealkylation sites (N-methyl/N-ethyl adjacent to an activating group) is 1. The smallest absolute Gasteiger partial charge is 0.251 e. The lowest BCUT2D eigenvalue weighted by atomic mass is 10.0. The van der Waals surface area contributed by atoms with Gasteiger partial charge in [0.25, 0.3) is 5.91 Å². The SMILES string of the molecule is Cc1ccc(S(=O)(=O)N(C)C)cc1C(=O)NC[C@H](c1ccccc1Cl)N(C)C. The van der Waals surface area contributed by atoms with Gasteiger partial charge in [-0.2, -0.15) is 0 Å². The van der Waals surface area contributed by atoms with Crippen molar-refractivity contribution in [3.05, 3.63) is 64.2 Å². The Hall–Kier alpha value is -1.93. The van der Waals surface area contributed by atoms with Gasteiger partial charge in [0, 0.05) is 31.2 Å². The first kappa shape index (κ1) is 22.4. The summed E-state index contributed by atoms with van der Waals surface area (Å²) in [5.74, 6) is -0.327. The molecule has 0 saturated carbocycles. The summed E-state index contributed by atoms with van der Waals surface area (Å²) in [5, 5.41) is 3.54. The summed E-state index contributed by atoms with van der Waals surface area (Å²) in [6.45, 7) is 2.11. The maximum absolute atomic E-state index is 12.8. The zero-order valence-corrected chi connectivity index (χ0v) is 18.3. The Bertz CT molecular complexity index is 959. The minimum Gasteiger partial charge on any atom is -0.350 e. The molecule has 6 nitrogen and oxygen atoms in total. The number of halogens is 1. The van der Waals surface area contributed by atoms with Crippen LogP contribution in [0.2, 0.25) is 5.02 Å². The van der Waals surface area contributed by atoms with E-state index in [0.717, 1.165) is 9.87 Å². The summed E-state index contributed by atoms with van der Waals surface area (Å²) in [6, 6.07) is 11.9. The second-order valence-corrected chi connectivity index (χ2v) is 9.53. The van der Waals surface area contributed by atoms with Crippen LogP contribution in [0.25, 0.3) is 0 Å². The lowest BCUT2D eigenvalue weighted by Gasteiger charge is -2.26. The molecule has 0 spiro atoms. The number of aryl methyl sites for hydroxylation is 1. The average molecular weight is 424 g/mol. The van der Waals surface area contributed by atoms with E-state index >= 15 is 0 Å². The number of amides is 1. The predicted molar refractivity (Wildman–Crippen MR) is 112 cm³/mol. The first-order chi connectivity index (χ1) is 13.1. The molecule has 28 heavy (non-hydrogen) atoms. The van der Waals surface area contributed by atoms with E-state index in [9.17, 15) is 13.2 Å². The molecule has 0 aromatic heterocycles. The van der Waals surface area contributed by atoms with Crippen molar-refractivity contribution in [1.29, 1.82) is 0 Å². The van der Waals surface area contributed by atoms with Crippen LogP contribution in [0, 0.1) is 6.92 Å². The minimum absolute atomic E-state index is 0.0866. The Morgan fingerprint density at radius 1 is 1.11 bits per heavy atom. The summed E-state index contributed by atoms with van der Waals surface area (Å²) in [7, 11) is 3.13. The van der Waals surface area contributed by atoms with Crippen LogP contribution < -0.4 is 5.32 Å². The van der Waals surface area contributed by atoms with Crippen LogP contribution in [-0.2, 0) is 10.0 Å². The lowest BCUT2D eigenvalue weighted by Crippen LogP contribution is -2.35. The van der Waals surface area contributed by atoms with E-state index in [1.165, 1.54) is 26.2 Å². The molecule has 2 aromatic rings. The standard InChI is InChI=1S/C20H26ClN3O3S/c1-14-10-11-15(28(26,27)24(4)5)12-17(14)20(25)22-13-19(23(2)3)16-8-6-7-9-18(16)21/h6-12,19H,13H2,1-5H3,(H,22,25)/t19-/m1/s1. The number of hydrogen-bond acceptors (Lipinski definition) is 4. The van der Waals surface area contributed by atoms with E-state index in [4.69, 9.17) is 11.6 Å². The molecule has 1 N–H and O–H groups in total. The molecule has 1 atom stereocenters. The number of nitrogens with zero attached hydrogens (tertiary/aromatic N) is 2. The summed E-state index contributed by atoms with van der Waals surface area (Å²) in [6.07, 6.45) is 0. The largest absolute Gasteiger partial charge is 0.350 e. The van der Waals surface area contributed by atoms with E-state index in [2.05, 4.69) is 5.32 Å². The van der Waals surface area contributed by atoms with E-state index in [-0.39, 0.29) is 16.8 Å². The second kappa shape index (κ2) is 9.05. The van der Waals surface area contributed by atoms with E-state index < -0.39 is 10.0 Å². The molecule has 0 saturated heterocycles. The Labute approximate surface area is 172 Å². The molecule has 0 radical (unpaired) electrons. The monoisotopic (exact) mass is 423 g/mol. The molecule has 0 aliphatic heterocycles. The van der Waals surface area contributed by atoms with Gasteiger partial charge in [-0.25, -0.2) is 12.7 Å². The van der Waals surface area contributed by atoms with E-state index in [1.54, 1.807) is 13.0 Å². The summed E-state index contributed by atoms with van der Waals surface area (Å²) < 4.78 is 25.9. The molecule has 0 aliphatic rings. The van der Waals surface area contributed by atoms with Gasteiger partial charge in [0.1, 0.15) is 0 Å². The van der Waals surface area contributed by atoms with Crippen LogP contribution in [0.15, 0.2) is 47.4 Å². The number of carbonyl (C=O) groups excluding carboxylic acids is 1. The molecule has 0 heterocycles. The highest BCUT2D eigenvalue weighted by Crippen LogP contribution is 2.25. The Morgan fingerprint density at radius 2 is 1.75 bits per heavy atom. The van der Waals surface area contributed by atoms with Gasteiger partial charge < -0.3 is 10.2 Å². The summed E-state index contributed by atoms with van der Waals surface area (Å²) in [5.41, 5.74) is 1.95. The third-order valence-corrected chi connectivity index (χ3v) is 6.73. The molecule has 1 amide bonds. The zero-order chi connectivity index (χ0) is 21.1.